The summed E-state index contributed by atoms with van der Waals surface area (Å²) in [6.07, 6.45) is 4.38. The maximum absolute atomic E-state index is 12.9. The number of carboxylic acid groups (broad SMARTS) is 1. The number of hydrogen-bond donors (Lipinski definition) is 2. The molecular weight excluding hydrogens is 280 g/mol. The van der Waals surface area contributed by atoms with Crippen LogP contribution in [-0.2, 0) is 4.79 Å². The Hall–Kier alpha value is -1.98. The van der Waals surface area contributed by atoms with Crippen LogP contribution in [0.15, 0.2) is 12.1 Å². The van der Waals surface area contributed by atoms with Gasteiger partial charge in [-0.25, -0.2) is 13.6 Å². The van der Waals surface area contributed by atoms with Gasteiger partial charge >= 0.3 is 5.97 Å². The lowest BCUT2D eigenvalue weighted by Gasteiger charge is -2.09. The number of unbranched alkanes of at least 4 members (excludes halogenated alkanes) is 2. The highest BCUT2D eigenvalue weighted by molar-refractivity contribution is 5.94. The molecule has 0 aliphatic rings. The van der Waals surface area contributed by atoms with E-state index in [9.17, 15) is 18.4 Å². The Balaban J connectivity index is 0.000000690. The number of rotatable bonds is 7. The number of nitrogens with one attached hydrogen (secondary N) is 1. The fourth-order valence-electron chi connectivity index (χ4n) is 1.39. The molecule has 0 saturated carbocycles. The van der Waals surface area contributed by atoms with E-state index in [0.717, 1.165) is 31.6 Å². The molecule has 0 radical (unpaired) electrons. The minimum absolute atomic E-state index is 0.111. The van der Waals surface area contributed by atoms with Gasteiger partial charge < -0.3 is 15.2 Å². The van der Waals surface area contributed by atoms with Crippen molar-refractivity contribution < 1.29 is 23.5 Å². The van der Waals surface area contributed by atoms with Crippen LogP contribution in [0.1, 0.15) is 49.9 Å². The summed E-state index contributed by atoms with van der Waals surface area (Å²) in [5.74, 6) is -3.49. The third kappa shape index (κ3) is 7.39. The van der Waals surface area contributed by atoms with Crippen molar-refractivity contribution in [2.75, 3.05) is 11.9 Å². The van der Waals surface area contributed by atoms with Gasteiger partial charge in [-0.05, 0) is 18.9 Å². The topological polar surface area (TPSA) is 66.4 Å². The van der Waals surface area contributed by atoms with Gasteiger partial charge in [0.05, 0.1) is 11.3 Å². The molecule has 1 rings (SSSR count). The van der Waals surface area contributed by atoms with E-state index in [1.165, 1.54) is 0 Å². The van der Waals surface area contributed by atoms with E-state index in [1.807, 2.05) is 13.8 Å². The van der Waals surface area contributed by atoms with Gasteiger partial charge in [0.15, 0.2) is 11.6 Å². The Kier molecular flexibility index (Phi) is 9.75. The molecule has 1 aromatic carbocycles. The average Bonchev–Trinajstić information content (AvgIpc) is 2.44. The van der Waals surface area contributed by atoms with Crippen LogP contribution < -0.4 is 5.32 Å². The van der Waals surface area contributed by atoms with Crippen molar-refractivity contribution in [1.29, 1.82) is 0 Å². The Morgan fingerprint density at radius 3 is 2.29 bits per heavy atom. The highest BCUT2D eigenvalue weighted by Crippen LogP contribution is 2.20. The van der Waals surface area contributed by atoms with E-state index < -0.39 is 17.6 Å². The van der Waals surface area contributed by atoms with Gasteiger partial charge in [0, 0.05) is 19.0 Å². The number of carboxylic acids is 1. The quantitative estimate of drug-likeness (QED) is 0.593. The van der Waals surface area contributed by atoms with Crippen molar-refractivity contribution in [2.24, 2.45) is 0 Å². The van der Waals surface area contributed by atoms with Gasteiger partial charge in [-0.3, -0.25) is 0 Å². The second-order valence-corrected chi connectivity index (χ2v) is 4.35. The lowest BCUT2D eigenvalue weighted by molar-refractivity contribution is -0.107. The van der Waals surface area contributed by atoms with Crippen molar-refractivity contribution in [2.45, 2.75) is 39.5 Å². The number of aldehydes is 1. The largest absolute Gasteiger partial charge is 0.478 e. The predicted molar refractivity (Wildman–Crippen MR) is 77.7 cm³/mol. The van der Waals surface area contributed by atoms with Crippen LogP contribution in [0.4, 0.5) is 14.5 Å². The van der Waals surface area contributed by atoms with E-state index in [2.05, 4.69) is 5.32 Å². The molecule has 0 aromatic heterocycles. The number of halogens is 2. The highest BCUT2D eigenvalue weighted by Gasteiger charge is 2.14. The van der Waals surface area contributed by atoms with Gasteiger partial charge in [0.25, 0.3) is 0 Å². The van der Waals surface area contributed by atoms with Gasteiger partial charge in [-0.1, -0.05) is 20.3 Å². The molecule has 0 bridgehead atoms. The molecular formula is C15H21F2NO3. The van der Waals surface area contributed by atoms with Crippen LogP contribution in [0.2, 0.25) is 0 Å². The molecule has 4 nitrogen and oxygen atoms in total. The molecule has 21 heavy (non-hydrogen) atoms. The molecule has 2 N–H and O–H groups in total. The monoisotopic (exact) mass is 301 g/mol. The zero-order valence-electron chi connectivity index (χ0n) is 12.3. The van der Waals surface area contributed by atoms with Crippen molar-refractivity contribution in [3.05, 3.63) is 29.3 Å². The van der Waals surface area contributed by atoms with Crippen LogP contribution in [-0.4, -0.2) is 23.9 Å². The number of carbonyl (C=O) groups excluding carboxylic acids is 1. The smallest absolute Gasteiger partial charge is 0.337 e. The van der Waals surface area contributed by atoms with Crippen molar-refractivity contribution in [3.63, 3.8) is 0 Å². The van der Waals surface area contributed by atoms with Crippen LogP contribution >= 0.6 is 0 Å². The molecule has 0 saturated heterocycles. The third-order valence-electron chi connectivity index (χ3n) is 2.54. The molecule has 0 unspecified atom stereocenters. The zero-order valence-corrected chi connectivity index (χ0v) is 12.3. The molecule has 118 valence electrons. The summed E-state index contributed by atoms with van der Waals surface area (Å²) >= 11 is 0. The SMILES string of the molecule is CCCC=O.CCCCNc1cc(F)c(F)cc1C(=O)O. The Bertz CT molecular complexity index is 464. The van der Waals surface area contributed by atoms with Crippen LogP contribution in [0.3, 0.4) is 0 Å². The van der Waals surface area contributed by atoms with Crippen molar-refractivity contribution in [1.82, 2.24) is 0 Å². The molecule has 0 atom stereocenters. The Morgan fingerprint density at radius 2 is 1.86 bits per heavy atom. The summed E-state index contributed by atoms with van der Waals surface area (Å²) in [6.45, 7) is 4.49. The molecule has 0 aliphatic carbocycles. The third-order valence-corrected chi connectivity index (χ3v) is 2.54. The fourth-order valence-corrected chi connectivity index (χ4v) is 1.39. The number of carbonyl (C=O) groups is 2. The average molecular weight is 301 g/mol. The summed E-state index contributed by atoms with van der Waals surface area (Å²) in [4.78, 5) is 20.2. The molecule has 1 aromatic rings. The number of anilines is 1. The summed E-state index contributed by atoms with van der Waals surface area (Å²) in [5.41, 5.74) is -0.144. The first kappa shape index (κ1) is 19.0. The first-order chi connectivity index (χ1) is 9.97. The van der Waals surface area contributed by atoms with Gasteiger partial charge in [-0.2, -0.15) is 0 Å². The first-order valence-corrected chi connectivity index (χ1v) is 6.87. The summed E-state index contributed by atoms with van der Waals surface area (Å²) in [5, 5.41) is 11.6. The minimum Gasteiger partial charge on any atom is -0.478 e. The lowest BCUT2D eigenvalue weighted by Crippen LogP contribution is -2.09. The van der Waals surface area contributed by atoms with Crippen molar-refractivity contribution in [3.8, 4) is 0 Å². The Morgan fingerprint density at radius 1 is 1.24 bits per heavy atom. The maximum Gasteiger partial charge on any atom is 0.337 e. The van der Waals surface area contributed by atoms with E-state index in [0.29, 0.717) is 19.0 Å². The van der Waals surface area contributed by atoms with Crippen LogP contribution in [0, 0.1) is 11.6 Å². The van der Waals surface area contributed by atoms with E-state index in [1.54, 1.807) is 0 Å². The number of benzene rings is 1. The van der Waals surface area contributed by atoms with Gasteiger partial charge in [0.2, 0.25) is 0 Å². The molecule has 0 fully saturated rings. The fraction of sp³-hybridized carbons (Fsp3) is 0.467. The van der Waals surface area contributed by atoms with Crippen LogP contribution in [0.25, 0.3) is 0 Å². The summed E-state index contributed by atoms with van der Waals surface area (Å²) < 4.78 is 25.8. The van der Waals surface area contributed by atoms with Crippen LogP contribution in [0.5, 0.6) is 0 Å². The molecule has 0 heterocycles. The molecule has 0 amide bonds. The number of aromatic carboxylic acids is 1. The van der Waals surface area contributed by atoms with Gasteiger partial charge in [0.1, 0.15) is 6.29 Å². The van der Waals surface area contributed by atoms with Crippen molar-refractivity contribution >= 4 is 17.9 Å². The Labute approximate surface area is 123 Å². The summed E-state index contributed by atoms with van der Waals surface area (Å²) in [6, 6.07) is 1.56. The maximum atomic E-state index is 12.9. The van der Waals surface area contributed by atoms with E-state index in [4.69, 9.17) is 5.11 Å². The lowest BCUT2D eigenvalue weighted by atomic mass is 10.1. The standard InChI is InChI=1S/C11H13F2NO2.C4H8O/c1-2-3-4-14-10-6-9(13)8(12)5-7(10)11(15)16;1-2-3-4-5/h5-6,14H,2-4H2,1H3,(H,15,16);4H,2-3H2,1H3. The minimum atomic E-state index is -1.28. The normalized spacial score (nSPS) is 9.52. The van der Waals surface area contributed by atoms with Gasteiger partial charge in [-0.15, -0.1) is 0 Å². The predicted octanol–water partition coefficient (Wildman–Crippen LogP) is 3.86. The molecule has 6 heteroatoms. The summed E-state index contributed by atoms with van der Waals surface area (Å²) in [7, 11) is 0. The second kappa shape index (κ2) is 10.8. The number of hydrogen-bond acceptors (Lipinski definition) is 3. The second-order valence-electron chi connectivity index (χ2n) is 4.35. The van der Waals surface area contributed by atoms with E-state index in [-0.39, 0.29) is 11.3 Å². The molecule has 0 spiro atoms. The highest BCUT2D eigenvalue weighted by atomic mass is 19.2. The molecule has 0 aliphatic heterocycles. The zero-order chi connectivity index (χ0) is 16.3. The van der Waals surface area contributed by atoms with E-state index >= 15 is 0 Å². The first-order valence-electron chi connectivity index (χ1n) is 6.87.